The van der Waals surface area contributed by atoms with Gasteiger partial charge in [0.15, 0.2) is 0 Å². The van der Waals surface area contributed by atoms with E-state index in [1.807, 2.05) is 0 Å². The van der Waals surface area contributed by atoms with Gasteiger partial charge in [-0.25, -0.2) is 0 Å². The number of carbonyl (C=O) groups is 1. The van der Waals surface area contributed by atoms with Crippen LogP contribution in [0.25, 0.3) is 0 Å². The van der Waals surface area contributed by atoms with Crippen LogP contribution in [0, 0.1) is 39.9 Å². The molecule has 2 nitrogen and oxygen atoms in total. The fourth-order valence-corrected chi connectivity index (χ4v) is 6.64. The third-order valence-corrected chi connectivity index (χ3v) is 9.02. The van der Waals surface area contributed by atoms with Crippen molar-refractivity contribution in [1.82, 2.24) is 0 Å². The Kier molecular flexibility index (Phi) is 3.79. The number of rotatable bonds is 1. The highest BCUT2D eigenvalue weighted by atomic mass is 16.1. The molecular formula is C20H35NO. The first kappa shape index (κ1) is 16.5. The van der Waals surface area contributed by atoms with Gasteiger partial charge in [-0.05, 0) is 72.6 Å². The molecule has 3 saturated carbocycles. The van der Waals surface area contributed by atoms with Crippen molar-refractivity contribution >= 4 is 5.78 Å². The summed E-state index contributed by atoms with van der Waals surface area (Å²) in [5, 5.41) is 0. The highest BCUT2D eigenvalue weighted by Gasteiger charge is 2.64. The first-order chi connectivity index (χ1) is 10.2. The summed E-state index contributed by atoms with van der Waals surface area (Å²) in [6.07, 6.45) is 6.87. The van der Waals surface area contributed by atoms with Crippen molar-refractivity contribution in [2.24, 2.45) is 45.7 Å². The zero-order valence-electron chi connectivity index (χ0n) is 15.2. The maximum atomic E-state index is 12.9. The summed E-state index contributed by atoms with van der Waals surface area (Å²) < 4.78 is 0. The summed E-state index contributed by atoms with van der Waals surface area (Å²) in [5.74, 6) is 2.75. The van der Waals surface area contributed by atoms with Crippen LogP contribution in [0.5, 0.6) is 0 Å². The smallest absolute Gasteiger partial charge is 0.137 e. The van der Waals surface area contributed by atoms with Gasteiger partial charge in [0.1, 0.15) is 5.78 Å². The Morgan fingerprint density at radius 3 is 2.36 bits per heavy atom. The molecular weight excluding hydrogens is 270 g/mol. The van der Waals surface area contributed by atoms with Crippen LogP contribution < -0.4 is 5.73 Å². The second-order valence-electron chi connectivity index (χ2n) is 9.51. The molecule has 2 bridgehead atoms. The van der Waals surface area contributed by atoms with Crippen LogP contribution in [0.15, 0.2) is 0 Å². The molecule has 126 valence electrons. The Morgan fingerprint density at radius 2 is 1.73 bits per heavy atom. The summed E-state index contributed by atoms with van der Waals surface area (Å²) >= 11 is 0. The fraction of sp³-hybridized carbons (Fsp3) is 0.950. The lowest BCUT2D eigenvalue weighted by Crippen LogP contribution is -2.56. The normalized spacial score (nSPS) is 55.5. The van der Waals surface area contributed by atoms with Crippen molar-refractivity contribution in [1.29, 1.82) is 0 Å². The van der Waals surface area contributed by atoms with E-state index in [1.54, 1.807) is 0 Å². The van der Waals surface area contributed by atoms with Crippen LogP contribution in [0.3, 0.4) is 0 Å². The minimum atomic E-state index is 0.191. The van der Waals surface area contributed by atoms with Crippen LogP contribution in [0.4, 0.5) is 0 Å². The number of nitrogens with two attached hydrogens (primary N) is 1. The van der Waals surface area contributed by atoms with Crippen molar-refractivity contribution in [3.63, 3.8) is 0 Å². The molecule has 0 radical (unpaired) electrons. The van der Waals surface area contributed by atoms with E-state index < -0.39 is 0 Å². The molecule has 2 N–H and O–H groups in total. The molecule has 3 aliphatic carbocycles. The quantitative estimate of drug-likeness (QED) is 0.779. The lowest BCUT2D eigenvalue weighted by Gasteiger charge is -2.60. The summed E-state index contributed by atoms with van der Waals surface area (Å²) in [7, 11) is 0. The van der Waals surface area contributed by atoms with Crippen LogP contribution in [-0.4, -0.2) is 12.3 Å². The zero-order valence-corrected chi connectivity index (χ0v) is 15.2. The Labute approximate surface area is 136 Å². The van der Waals surface area contributed by atoms with Crippen molar-refractivity contribution in [3.8, 4) is 0 Å². The van der Waals surface area contributed by atoms with Gasteiger partial charge in [0.05, 0.1) is 0 Å². The van der Waals surface area contributed by atoms with E-state index in [0.717, 1.165) is 19.4 Å². The van der Waals surface area contributed by atoms with Gasteiger partial charge in [-0.3, -0.25) is 4.79 Å². The van der Waals surface area contributed by atoms with E-state index in [9.17, 15) is 4.79 Å². The molecule has 0 saturated heterocycles. The lowest BCUT2D eigenvalue weighted by atomic mass is 9.43. The summed E-state index contributed by atoms with van der Waals surface area (Å²) in [6, 6.07) is 0. The molecule has 2 heteroatoms. The number of hydrogen-bond donors (Lipinski definition) is 1. The van der Waals surface area contributed by atoms with E-state index in [2.05, 4.69) is 34.6 Å². The van der Waals surface area contributed by atoms with Crippen molar-refractivity contribution in [2.75, 3.05) is 6.54 Å². The van der Waals surface area contributed by atoms with Gasteiger partial charge in [-0.15, -0.1) is 0 Å². The summed E-state index contributed by atoms with van der Waals surface area (Å²) in [4.78, 5) is 12.9. The van der Waals surface area contributed by atoms with Gasteiger partial charge in [-0.1, -0.05) is 34.6 Å². The second kappa shape index (κ2) is 5.06. The Balaban J connectivity index is 2.13. The Hall–Kier alpha value is -0.370. The van der Waals surface area contributed by atoms with E-state index in [1.165, 1.54) is 25.7 Å². The van der Waals surface area contributed by atoms with Gasteiger partial charge in [0.25, 0.3) is 0 Å². The molecule has 0 spiro atoms. The minimum absolute atomic E-state index is 0.191. The second-order valence-corrected chi connectivity index (χ2v) is 9.51. The predicted octanol–water partition coefficient (Wildman–Crippen LogP) is 4.42. The molecule has 1 unspecified atom stereocenters. The number of carbonyl (C=O) groups excluding carboxylic acids is 1. The van der Waals surface area contributed by atoms with Crippen molar-refractivity contribution in [3.05, 3.63) is 0 Å². The fourth-order valence-electron chi connectivity index (χ4n) is 6.64. The molecule has 7 atom stereocenters. The van der Waals surface area contributed by atoms with E-state index in [-0.39, 0.29) is 16.2 Å². The highest BCUT2D eigenvalue weighted by Crippen LogP contribution is 2.68. The average Bonchev–Trinajstić information content (AvgIpc) is 2.86. The van der Waals surface area contributed by atoms with Crippen molar-refractivity contribution < 1.29 is 4.79 Å². The molecule has 3 aliphatic rings. The van der Waals surface area contributed by atoms with Crippen molar-refractivity contribution in [2.45, 2.75) is 73.1 Å². The SMILES string of the molecule is C[C@@H]1CC[C@@]23CCC(=O)C2[C@]1(C)CC[C@](C)(CN)[C@@H](C)[C@@H]3C. The first-order valence-electron chi connectivity index (χ1n) is 9.44. The third kappa shape index (κ3) is 1.92. The number of ketones is 1. The average molecular weight is 306 g/mol. The van der Waals surface area contributed by atoms with Gasteiger partial charge in [-0.2, -0.15) is 0 Å². The molecule has 0 aromatic rings. The van der Waals surface area contributed by atoms with Crippen LogP contribution in [0.1, 0.15) is 73.1 Å². The molecule has 22 heavy (non-hydrogen) atoms. The molecule has 3 fully saturated rings. The molecule has 0 aliphatic heterocycles. The van der Waals surface area contributed by atoms with E-state index in [4.69, 9.17) is 5.73 Å². The molecule has 0 aromatic heterocycles. The topological polar surface area (TPSA) is 43.1 Å². The van der Waals surface area contributed by atoms with Gasteiger partial charge >= 0.3 is 0 Å². The highest BCUT2D eigenvalue weighted by molar-refractivity contribution is 5.85. The van der Waals surface area contributed by atoms with E-state index >= 15 is 0 Å². The van der Waals surface area contributed by atoms with Crippen LogP contribution in [0.2, 0.25) is 0 Å². The Morgan fingerprint density at radius 1 is 1.05 bits per heavy atom. The standard InChI is InChI=1S/C20H35NO/c1-13-6-8-20-9-7-16(22)17(20)19(13,5)11-10-18(4,12-21)14(2)15(20)3/h13-15,17H,6-12,21H2,1-5H3/t13-,14+,15+,17?,18-,19-,20+/m1/s1. The maximum Gasteiger partial charge on any atom is 0.137 e. The number of Topliss-reactive ketones (excluding diaryl/α,β-unsaturated/α-hetero) is 1. The summed E-state index contributed by atoms with van der Waals surface area (Å²) in [6.45, 7) is 12.8. The molecule has 0 aromatic carbocycles. The van der Waals surface area contributed by atoms with Crippen LogP contribution >= 0.6 is 0 Å². The lowest BCUT2D eigenvalue weighted by molar-refractivity contribution is -0.150. The zero-order chi connectivity index (χ0) is 16.3. The predicted molar refractivity (Wildman–Crippen MR) is 91.4 cm³/mol. The van der Waals surface area contributed by atoms with E-state index in [0.29, 0.717) is 29.5 Å². The summed E-state index contributed by atoms with van der Waals surface area (Å²) in [5.41, 5.74) is 6.91. The molecule has 3 rings (SSSR count). The van der Waals surface area contributed by atoms with Gasteiger partial charge < -0.3 is 5.73 Å². The molecule has 0 heterocycles. The number of hydrogen-bond acceptors (Lipinski definition) is 2. The molecule has 0 amide bonds. The van der Waals surface area contributed by atoms with Crippen LogP contribution in [-0.2, 0) is 4.79 Å². The third-order valence-electron chi connectivity index (χ3n) is 9.02. The monoisotopic (exact) mass is 305 g/mol. The maximum absolute atomic E-state index is 12.9. The van der Waals surface area contributed by atoms with Gasteiger partial charge in [0, 0.05) is 12.3 Å². The minimum Gasteiger partial charge on any atom is -0.330 e. The van der Waals surface area contributed by atoms with Gasteiger partial charge in [0.2, 0.25) is 0 Å². The Bertz CT molecular complexity index is 474. The largest absolute Gasteiger partial charge is 0.330 e. The first-order valence-corrected chi connectivity index (χ1v) is 9.44.